The number of nitrogens with zero attached hydrogens (tertiary/aromatic N) is 3. The molecule has 20 heavy (non-hydrogen) atoms. The molecular formula is C15H11N3OS. The summed E-state index contributed by atoms with van der Waals surface area (Å²) in [5.41, 5.74) is 3.74. The van der Waals surface area contributed by atoms with Crippen LogP contribution in [0.2, 0.25) is 0 Å². The number of benzene rings is 1. The molecule has 2 aromatic heterocycles. The predicted molar refractivity (Wildman–Crippen MR) is 79.3 cm³/mol. The number of fused-ring (bicyclic) bond motifs is 3. The zero-order valence-corrected chi connectivity index (χ0v) is 11.6. The maximum atomic E-state index is 12.6. The van der Waals surface area contributed by atoms with E-state index >= 15 is 0 Å². The van der Waals surface area contributed by atoms with Gasteiger partial charge in [-0.15, -0.1) is 0 Å². The largest absolute Gasteiger partial charge is 0.291 e. The molecule has 1 atom stereocenters. The molecule has 0 radical (unpaired) electrons. The van der Waals surface area contributed by atoms with E-state index in [0.717, 1.165) is 22.3 Å². The van der Waals surface area contributed by atoms with Crippen LogP contribution in [0.1, 0.15) is 11.3 Å². The maximum absolute atomic E-state index is 12.6. The van der Waals surface area contributed by atoms with Crippen molar-refractivity contribution in [1.82, 2.24) is 14.5 Å². The highest BCUT2D eigenvalue weighted by molar-refractivity contribution is 7.95. The predicted octanol–water partition coefficient (Wildman–Crippen LogP) is 2.82. The van der Waals surface area contributed by atoms with Gasteiger partial charge in [-0.3, -0.25) is 9.55 Å². The minimum atomic E-state index is -1.28. The van der Waals surface area contributed by atoms with Gasteiger partial charge in [0.25, 0.3) is 0 Å². The summed E-state index contributed by atoms with van der Waals surface area (Å²) in [6.45, 7) is 2.02. The Bertz CT molecular complexity index is 881. The topological polar surface area (TPSA) is 47.8 Å². The monoisotopic (exact) mass is 281 g/mol. The molecule has 0 bridgehead atoms. The minimum Gasteiger partial charge on any atom is -0.291 e. The van der Waals surface area contributed by atoms with Gasteiger partial charge in [0.05, 0.1) is 21.6 Å². The van der Waals surface area contributed by atoms with E-state index in [1.54, 1.807) is 6.20 Å². The first kappa shape index (κ1) is 11.5. The zero-order chi connectivity index (χ0) is 13.7. The van der Waals surface area contributed by atoms with Gasteiger partial charge < -0.3 is 0 Å². The molecule has 1 unspecified atom stereocenters. The Morgan fingerprint density at radius 1 is 1.20 bits per heavy atom. The van der Waals surface area contributed by atoms with Gasteiger partial charge in [-0.1, -0.05) is 12.1 Å². The summed E-state index contributed by atoms with van der Waals surface area (Å²) in [6, 6.07) is 11.7. The molecule has 0 spiro atoms. The third-order valence-electron chi connectivity index (χ3n) is 3.34. The summed E-state index contributed by atoms with van der Waals surface area (Å²) in [7, 11) is -1.28. The summed E-state index contributed by atoms with van der Waals surface area (Å²) in [5.74, 6) is 0. The molecular weight excluding hydrogens is 270 g/mol. The molecule has 3 heterocycles. The van der Waals surface area contributed by atoms with Crippen LogP contribution in [-0.2, 0) is 10.8 Å². The van der Waals surface area contributed by atoms with E-state index in [9.17, 15) is 4.21 Å². The number of hydrogen-bond acceptors (Lipinski definition) is 3. The van der Waals surface area contributed by atoms with Crippen LogP contribution < -0.4 is 0 Å². The van der Waals surface area contributed by atoms with Crippen molar-refractivity contribution >= 4 is 32.9 Å². The SMILES string of the molecule is Cc1ccc2c(c1)nc1n2C=C(c2ccccn2)S1=O. The Balaban J connectivity index is 1.94. The van der Waals surface area contributed by atoms with Crippen molar-refractivity contribution in [2.75, 3.05) is 0 Å². The fourth-order valence-electron chi connectivity index (χ4n) is 2.38. The number of aryl methyl sites for hydroxylation is 1. The highest BCUT2D eigenvalue weighted by Crippen LogP contribution is 2.33. The lowest BCUT2D eigenvalue weighted by atomic mass is 10.2. The third kappa shape index (κ3) is 1.56. The van der Waals surface area contributed by atoms with Crippen LogP contribution in [0.15, 0.2) is 47.8 Å². The van der Waals surface area contributed by atoms with Crippen molar-refractivity contribution < 1.29 is 4.21 Å². The van der Waals surface area contributed by atoms with E-state index in [1.807, 2.05) is 54.1 Å². The molecule has 4 rings (SSSR count). The Labute approximate surface area is 118 Å². The molecule has 0 N–H and O–H groups in total. The van der Waals surface area contributed by atoms with Gasteiger partial charge in [-0.2, -0.15) is 0 Å². The van der Waals surface area contributed by atoms with Gasteiger partial charge in [0.1, 0.15) is 10.8 Å². The minimum absolute atomic E-state index is 0.575. The first-order valence-electron chi connectivity index (χ1n) is 6.27. The quantitative estimate of drug-likeness (QED) is 0.689. The van der Waals surface area contributed by atoms with Gasteiger partial charge in [-0.05, 0) is 36.8 Å². The lowest BCUT2D eigenvalue weighted by Gasteiger charge is -1.98. The molecule has 1 aromatic carbocycles. The van der Waals surface area contributed by atoms with Crippen molar-refractivity contribution in [2.45, 2.75) is 12.1 Å². The van der Waals surface area contributed by atoms with Gasteiger partial charge in [-0.25, -0.2) is 9.19 Å². The average Bonchev–Trinajstić information content (AvgIpc) is 2.97. The molecule has 1 aliphatic rings. The summed E-state index contributed by atoms with van der Waals surface area (Å²) in [6.07, 6.45) is 3.58. The summed E-state index contributed by atoms with van der Waals surface area (Å²) in [5, 5.41) is 0.575. The second kappa shape index (κ2) is 4.11. The summed E-state index contributed by atoms with van der Waals surface area (Å²) >= 11 is 0. The number of aromatic nitrogens is 3. The molecule has 0 fully saturated rings. The summed E-state index contributed by atoms with van der Waals surface area (Å²) in [4.78, 5) is 9.46. The third-order valence-corrected chi connectivity index (χ3v) is 4.68. The van der Waals surface area contributed by atoms with Crippen molar-refractivity contribution in [3.8, 4) is 0 Å². The Hall–Kier alpha value is -2.27. The standard InChI is InChI=1S/C15H11N3OS/c1-10-5-6-13-12(8-10)17-15-18(13)9-14(20(15)19)11-4-2-3-7-16-11/h2-9H,1H3. The van der Waals surface area contributed by atoms with Crippen molar-refractivity contribution in [1.29, 1.82) is 0 Å². The molecule has 3 aromatic rings. The molecule has 4 nitrogen and oxygen atoms in total. The molecule has 5 heteroatoms. The van der Waals surface area contributed by atoms with Gasteiger partial charge in [0.15, 0.2) is 0 Å². The Morgan fingerprint density at radius 2 is 2.10 bits per heavy atom. The van der Waals surface area contributed by atoms with E-state index in [4.69, 9.17) is 0 Å². The van der Waals surface area contributed by atoms with Crippen LogP contribution in [0.25, 0.3) is 22.1 Å². The van der Waals surface area contributed by atoms with Gasteiger partial charge >= 0.3 is 0 Å². The van der Waals surface area contributed by atoms with Crippen molar-refractivity contribution in [2.24, 2.45) is 0 Å². The number of rotatable bonds is 1. The highest BCUT2D eigenvalue weighted by atomic mass is 32.2. The van der Waals surface area contributed by atoms with E-state index in [0.29, 0.717) is 10.1 Å². The van der Waals surface area contributed by atoms with E-state index in [2.05, 4.69) is 9.97 Å². The van der Waals surface area contributed by atoms with Crippen molar-refractivity contribution in [3.63, 3.8) is 0 Å². The van der Waals surface area contributed by atoms with Crippen LogP contribution in [0, 0.1) is 6.92 Å². The molecule has 0 saturated carbocycles. The highest BCUT2D eigenvalue weighted by Gasteiger charge is 2.27. The second-order valence-corrected chi connectivity index (χ2v) is 6.08. The fraction of sp³-hybridized carbons (Fsp3) is 0.0667. The van der Waals surface area contributed by atoms with Crippen LogP contribution >= 0.6 is 0 Å². The van der Waals surface area contributed by atoms with Crippen LogP contribution in [0.4, 0.5) is 0 Å². The molecule has 0 aliphatic carbocycles. The first-order chi connectivity index (χ1) is 9.74. The molecule has 1 aliphatic heterocycles. The number of pyridine rings is 1. The Kier molecular flexibility index (Phi) is 2.37. The number of hydrogen-bond donors (Lipinski definition) is 0. The molecule has 0 saturated heterocycles. The smallest absolute Gasteiger partial charge is 0.209 e. The second-order valence-electron chi connectivity index (χ2n) is 4.73. The van der Waals surface area contributed by atoms with Crippen LogP contribution in [0.5, 0.6) is 0 Å². The molecule has 98 valence electrons. The zero-order valence-electron chi connectivity index (χ0n) is 10.8. The fourth-order valence-corrected chi connectivity index (χ4v) is 3.59. The maximum Gasteiger partial charge on any atom is 0.209 e. The lowest BCUT2D eigenvalue weighted by Crippen LogP contribution is -1.94. The van der Waals surface area contributed by atoms with Crippen molar-refractivity contribution in [3.05, 3.63) is 53.9 Å². The van der Waals surface area contributed by atoms with E-state index in [1.165, 1.54) is 0 Å². The Morgan fingerprint density at radius 3 is 2.90 bits per heavy atom. The van der Waals surface area contributed by atoms with Gasteiger partial charge in [0, 0.05) is 12.4 Å². The average molecular weight is 281 g/mol. The van der Waals surface area contributed by atoms with Crippen LogP contribution in [-0.4, -0.2) is 18.7 Å². The van der Waals surface area contributed by atoms with E-state index < -0.39 is 10.8 Å². The normalized spacial score (nSPS) is 17.2. The molecule has 0 amide bonds. The lowest BCUT2D eigenvalue weighted by molar-refractivity contribution is 0.683. The van der Waals surface area contributed by atoms with Crippen LogP contribution in [0.3, 0.4) is 0 Å². The van der Waals surface area contributed by atoms with E-state index in [-0.39, 0.29) is 0 Å². The van der Waals surface area contributed by atoms with Gasteiger partial charge in [0.2, 0.25) is 5.16 Å². The number of imidazole rings is 1. The first-order valence-corrected chi connectivity index (χ1v) is 7.42. The summed E-state index contributed by atoms with van der Waals surface area (Å²) < 4.78 is 14.5.